The molecular formula is C24H26F3N3O5. The van der Waals surface area contributed by atoms with E-state index >= 15 is 0 Å². The monoisotopic (exact) mass is 493 g/mol. The van der Waals surface area contributed by atoms with Crippen LogP contribution in [0.1, 0.15) is 61.8 Å². The van der Waals surface area contributed by atoms with Gasteiger partial charge in [0, 0.05) is 19.5 Å². The molecule has 2 aliphatic heterocycles. The molecule has 3 heterocycles. The number of aromatic hydroxyl groups is 2. The van der Waals surface area contributed by atoms with Crippen molar-refractivity contribution in [2.24, 2.45) is 0 Å². The highest BCUT2D eigenvalue weighted by Crippen LogP contribution is 2.59. The maximum Gasteiger partial charge on any atom is 0.417 e. The molecule has 2 bridgehead atoms. The number of alkyl halides is 3. The highest BCUT2D eigenvalue weighted by atomic mass is 19.4. The number of morpholine rings is 1. The Morgan fingerprint density at radius 3 is 2.23 bits per heavy atom. The van der Waals surface area contributed by atoms with Crippen molar-refractivity contribution in [3.05, 3.63) is 40.5 Å². The topological polar surface area (TPSA) is 119 Å². The highest BCUT2D eigenvalue weighted by Gasteiger charge is 2.58. The number of nitrogens with zero attached hydrogens (tertiary/aromatic N) is 3. The van der Waals surface area contributed by atoms with Gasteiger partial charge in [-0.25, -0.2) is 0 Å². The van der Waals surface area contributed by atoms with Crippen molar-refractivity contribution < 1.29 is 38.0 Å². The fourth-order valence-electron chi connectivity index (χ4n) is 5.48. The van der Waals surface area contributed by atoms with Crippen molar-refractivity contribution in [3.63, 3.8) is 0 Å². The molecule has 2 aromatic rings. The van der Waals surface area contributed by atoms with Gasteiger partial charge in [0.15, 0.2) is 0 Å². The van der Waals surface area contributed by atoms with E-state index < -0.39 is 46.2 Å². The van der Waals surface area contributed by atoms with Gasteiger partial charge in [0.1, 0.15) is 11.2 Å². The molecule has 0 saturated carbocycles. The minimum Gasteiger partial charge on any atom is -0.494 e. The van der Waals surface area contributed by atoms with Gasteiger partial charge in [-0.2, -0.15) is 18.4 Å². The second kappa shape index (κ2) is 8.46. The molecule has 1 aromatic heterocycles. The van der Waals surface area contributed by atoms with E-state index in [1.807, 2.05) is 0 Å². The molecule has 188 valence electrons. The number of carboxylic acid groups (broad SMARTS) is 1. The van der Waals surface area contributed by atoms with Gasteiger partial charge in [-0.05, 0) is 51.4 Å². The fraction of sp³-hybridized carbons (Fsp3) is 0.500. The van der Waals surface area contributed by atoms with Crippen LogP contribution in [0, 0.1) is 11.3 Å². The Labute approximate surface area is 199 Å². The standard InChI is InChI=1S/C24H26F3N3O5/c1-22-12-29(9-5-3-4-6-17(31)32)13-23(2,35-22)19-18(22)20(33)30(21(19)34)15-8-7-14(11-28)16(10-15)24(25,26)27/h7-8,10,33-34H,3-6,9,12-13H2,1-2H3,(H,31,32). The summed E-state index contributed by atoms with van der Waals surface area (Å²) in [5.41, 5.74) is -3.23. The molecule has 2 atom stereocenters. The molecule has 2 aliphatic rings. The molecule has 0 aliphatic carbocycles. The van der Waals surface area contributed by atoms with Gasteiger partial charge in [0.25, 0.3) is 0 Å². The zero-order chi connectivity index (χ0) is 25.8. The molecule has 11 heteroatoms. The van der Waals surface area contributed by atoms with Crippen molar-refractivity contribution in [2.75, 3.05) is 19.6 Å². The van der Waals surface area contributed by atoms with Gasteiger partial charge in [-0.3, -0.25) is 14.3 Å². The summed E-state index contributed by atoms with van der Waals surface area (Å²) < 4.78 is 47.7. The fourth-order valence-corrected chi connectivity index (χ4v) is 5.48. The van der Waals surface area contributed by atoms with E-state index in [1.54, 1.807) is 13.8 Å². The van der Waals surface area contributed by atoms with E-state index in [0.717, 1.165) is 29.5 Å². The van der Waals surface area contributed by atoms with E-state index in [-0.39, 0.29) is 12.1 Å². The predicted molar refractivity (Wildman–Crippen MR) is 117 cm³/mol. The molecule has 4 rings (SSSR count). The molecule has 0 amide bonds. The third-order valence-corrected chi connectivity index (χ3v) is 6.73. The number of carboxylic acids is 1. The van der Waals surface area contributed by atoms with Crippen LogP contribution in [-0.4, -0.2) is 50.4 Å². The Balaban J connectivity index is 1.67. The molecule has 1 fully saturated rings. The van der Waals surface area contributed by atoms with Gasteiger partial charge in [-0.1, -0.05) is 6.42 Å². The van der Waals surface area contributed by atoms with Crippen LogP contribution in [-0.2, 0) is 26.9 Å². The largest absolute Gasteiger partial charge is 0.494 e. The van der Waals surface area contributed by atoms with Gasteiger partial charge >= 0.3 is 12.1 Å². The summed E-state index contributed by atoms with van der Waals surface area (Å²) in [4.78, 5) is 12.8. The average Bonchev–Trinajstić information content (AvgIpc) is 3.12. The third-order valence-electron chi connectivity index (χ3n) is 6.73. The van der Waals surface area contributed by atoms with Crippen LogP contribution in [0.25, 0.3) is 5.69 Å². The summed E-state index contributed by atoms with van der Waals surface area (Å²) in [6, 6.07) is 4.51. The lowest BCUT2D eigenvalue weighted by molar-refractivity contribution is -0.186. The van der Waals surface area contributed by atoms with E-state index in [9.17, 15) is 28.2 Å². The van der Waals surface area contributed by atoms with Crippen LogP contribution >= 0.6 is 0 Å². The third kappa shape index (κ3) is 4.21. The number of rotatable bonds is 7. The maximum atomic E-state index is 13.5. The van der Waals surface area contributed by atoms with E-state index in [4.69, 9.17) is 15.1 Å². The number of aromatic nitrogens is 1. The number of fused-ring (bicyclic) bond motifs is 5. The lowest BCUT2D eigenvalue weighted by Gasteiger charge is -2.44. The van der Waals surface area contributed by atoms with Crippen molar-refractivity contribution in [1.29, 1.82) is 5.26 Å². The zero-order valence-corrected chi connectivity index (χ0v) is 19.3. The van der Waals surface area contributed by atoms with Crippen molar-refractivity contribution in [2.45, 2.75) is 56.9 Å². The average molecular weight is 493 g/mol. The van der Waals surface area contributed by atoms with Crippen molar-refractivity contribution in [1.82, 2.24) is 9.47 Å². The Morgan fingerprint density at radius 2 is 1.71 bits per heavy atom. The lowest BCUT2D eigenvalue weighted by atomic mass is 9.94. The molecule has 0 radical (unpaired) electrons. The second-order valence-corrected chi connectivity index (χ2v) is 9.55. The van der Waals surface area contributed by atoms with Crippen LogP contribution in [0.5, 0.6) is 11.8 Å². The normalized spacial score (nSPS) is 23.8. The molecule has 0 spiro atoms. The number of hydrogen-bond donors (Lipinski definition) is 3. The minimum absolute atomic E-state index is 0.112. The van der Waals surface area contributed by atoms with Crippen molar-refractivity contribution >= 4 is 5.97 Å². The quantitative estimate of drug-likeness (QED) is 0.495. The Kier molecular flexibility index (Phi) is 6.02. The number of benzene rings is 1. The summed E-state index contributed by atoms with van der Waals surface area (Å²) >= 11 is 0. The summed E-state index contributed by atoms with van der Waals surface area (Å²) in [7, 11) is 0. The first-order valence-corrected chi connectivity index (χ1v) is 11.2. The van der Waals surface area contributed by atoms with E-state index in [2.05, 4.69) is 4.90 Å². The number of ether oxygens (including phenoxy) is 1. The number of nitriles is 1. The summed E-state index contributed by atoms with van der Waals surface area (Å²) in [5.74, 6) is -1.66. The second-order valence-electron chi connectivity index (χ2n) is 9.55. The number of carbonyl (C=O) groups is 1. The Morgan fingerprint density at radius 1 is 1.11 bits per heavy atom. The first-order valence-electron chi connectivity index (χ1n) is 11.2. The molecule has 35 heavy (non-hydrogen) atoms. The number of halogens is 3. The predicted octanol–water partition coefficient (Wildman–Crippen LogP) is 4.20. The summed E-state index contributed by atoms with van der Waals surface area (Å²) in [6.07, 6.45) is -2.59. The van der Waals surface area contributed by atoms with Gasteiger partial charge < -0.3 is 20.1 Å². The van der Waals surface area contributed by atoms with Gasteiger partial charge in [-0.15, -0.1) is 0 Å². The molecule has 2 unspecified atom stereocenters. The van der Waals surface area contributed by atoms with Crippen LogP contribution < -0.4 is 0 Å². The van der Waals surface area contributed by atoms with Crippen LogP contribution in [0.4, 0.5) is 13.2 Å². The smallest absolute Gasteiger partial charge is 0.417 e. The lowest BCUT2D eigenvalue weighted by Crippen LogP contribution is -2.51. The first kappa shape index (κ1) is 24.9. The molecule has 1 aromatic carbocycles. The van der Waals surface area contributed by atoms with Crippen LogP contribution in [0.3, 0.4) is 0 Å². The van der Waals surface area contributed by atoms with Crippen molar-refractivity contribution in [3.8, 4) is 23.5 Å². The molecule has 8 nitrogen and oxygen atoms in total. The first-order chi connectivity index (χ1) is 16.3. The summed E-state index contributed by atoms with van der Waals surface area (Å²) in [6.45, 7) is 4.96. The maximum absolute atomic E-state index is 13.5. The van der Waals surface area contributed by atoms with E-state index in [0.29, 0.717) is 37.2 Å². The van der Waals surface area contributed by atoms with Crippen LogP contribution in [0.15, 0.2) is 18.2 Å². The molecule has 1 saturated heterocycles. The Hall–Kier alpha value is -3.23. The zero-order valence-electron chi connectivity index (χ0n) is 19.3. The Bertz CT molecular complexity index is 1180. The number of aliphatic carboxylic acids is 1. The summed E-state index contributed by atoms with van der Waals surface area (Å²) in [5, 5.41) is 40.1. The van der Waals surface area contributed by atoms with Crippen LogP contribution in [0.2, 0.25) is 0 Å². The number of hydrogen-bond acceptors (Lipinski definition) is 6. The van der Waals surface area contributed by atoms with Gasteiger partial charge in [0.2, 0.25) is 11.8 Å². The minimum atomic E-state index is -4.79. The molecule has 3 N–H and O–H groups in total. The van der Waals surface area contributed by atoms with Gasteiger partial charge in [0.05, 0.1) is 34.0 Å². The number of unbranched alkanes of at least 4 members (excludes halogenated alkanes) is 2. The molecular weight excluding hydrogens is 467 g/mol. The van der Waals surface area contributed by atoms with E-state index in [1.165, 1.54) is 12.1 Å². The highest BCUT2D eigenvalue weighted by molar-refractivity contribution is 5.66. The SMILES string of the molecule is CC12CN(CCCCCC(=O)O)CC(C)(O1)c1c2c(O)n(-c2ccc(C#N)c(C(F)(F)F)c2)c1O.